The van der Waals surface area contributed by atoms with Crippen molar-refractivity contribution in [1.29, 1.82) is 0 Å². The molecule has 0 amide bonds. The highest BCUT2D eigenvalue weighted by Gasteiger charge is 2.33. The van der Waals surface area contributed by atoms with Crippen molar-refractivity contribution in [3.05, 3.63) is 24.3 Å². The molecule has 0 bridgehead atoms. The number of carboxylic acid groups (broad SMARTS) is 1. The van der Waals surface area contributed by atoms with E-state index in [9.17, 15) is 4.79 Å². The van der Waals surface area contributed by atoms with E-state index >= 15 is 0 Å². The van der Waals surface area contributed by atoms with Gasteiger partial charge in [-0.3, -0.25) is 4.79 Å². The number of hydrogen-bond donors (Lipinski definition) is 1. The molecule has 0 aliphatic carbocycles. The first-order valence-corrected chi connectivity index (χ1v) is 4.33. The lowest BCUT2D eigenvalue weighted by molar-refractivity contribution is -0.148. The molecular weight excluding hydrogens is 184 g/mol. The Morgan fingerprint density at radius 3 is 2.29 bits per heavy atom. The Balaban J connectivity index is 2.15. The number of benzene rings is 1. The predicted molar refractivity (Wildman–Crippen MR) is 48.3 cm³/mol. The number of fused-ring (bicyclic) bond motifs is 1. The van der Waals surface area contributed by atoms with Crippen LogP contribution in [0.5, 0.6) is 11.5 Å². The van der Waals surface area contributed by atoms with E-state index in [4.69, 9.17) is 14.6 Å². The second-order valence-corrected chi connectivity index (χ2v) is 3.18. The molecule has 2 rings (SSSR count). The summed E-state index contributed by atoms with van der Waals surface area (Å²) in [6, 6.07) is 7.14. The van der Waals surface area contributed by atoms with E-state index in [1.165, 1.54) is 0 Å². The number of carbonyl (C=O) groups is 1. The highest BCUT2D eigenvalue weighted by atomic mass is 16.7. The van der Waals surface area contributed by atoms with Crippen LogP contribution in [0.15, 0.2) is 24.3 Å². The van der Waals surface area contributed by atoms with Crippen molar-refractivity contribution in [2.75, 3.05) is 0 Å². The Labute approximate surface area is 81.1 Å². The molecule has 4 nitrogen and oxygen atoms in total. The molecule has 1 aliphatic heterocycles. The largest absolute Gasteiger partial charge is 0.481 e. The summed E-state index contributed by atoms with van der Waals surface area (Å²) in [5.74, 6) is -0.401. The summed E-state index contributed by atoms with van der Waals surface area (Å²) in [6.07, 6.45) is -0.718. The molecule has 1 heterocycles. The minimum Gasteiger partial charge on any atom is -0.481 e. The lowest BCUT2D eigenvalue weighted by Crippen LogP contribution is -2.32. The van der Waals surface area contributed by atoms with Crippen molar-refractivity contribution in [2.45, 2.75) is 13.2 Å². The molecule has 4 heteroatoms. The van der Waals surface area contributed by atoms with Crippen LogP contribution in [0.4, 0.5) is 0 Å². The highest BCUT2D eigenvalue weighted by molar-refractivity contribution is 5.70. The van der Waals surface area contributed by atoms with Gasteiger partial charge in [0.15, 0.2) is 11.5 Å². The molecular formula is C10H10O4. The quantitative estimate of drug-likeness (QED) is 0.775. The summed E-state index contributed by atoms with van der Waals surface area (Å²) in [4.78, 5) is 10.7. The standard InChI is InChI=1S/C10H10O4/c1-6(9(11)12)10-13-7-4-2-3-5-8(7)14-10/h2-6,10H,1H3,(H,11,12). The molecule has 0 fully saturated rings. The molecule has 0 spiro atoms. The van der Waals surface area contributed by atoms with Crippen LogP contribution in [0.3, 0.4) is 0 Å². The molecule has 1 aliphatic rings. The van der Waals surface area contributed by atoms with Crippen molar-refractivity contribution in [3.8, 4) is 11.5 Å². The second-order valence-electron chi connectivity index (χ2n) is 3.18. The van der Waals surface area contributed by atoms with Gasteiger partial charge >= 0.3 is 5.97 Å². The van der Waals surface area contributed by atoms with Crippen molar-refractivity contribution in [3.63, 3.8) is 0 Å². The predicted octanol–water partition coefficient (Wildman–Crippen LogP) is 1.50. The van der Waals surface area contributed by atoms with E-state index in [-0.39, 0.29) is 0 Å². The zero-order valence-electron chi connectivity index (χ0n) is 7.64. The topological polar surface area (TPSA) is 55.8 Å². The van der Waals surface area contributed by atoms with Gasteiger partial charge in [0.05, 0.1) is 0 Å². The monoisotopic (exact) mass is 194 g/mol. The molecule has 1 aromatic rings. The van der Waals surface area contributed by atoms with Crippen LogP contribution in [-0.2, 0) is 4.79 Å². The maximum atomic E-state index is 10.7. The number of para-hydroxylation sites is 2. The first kappa shape index (κ1) is 8.87. The van der Waals surface area contributed by atoms with Gasteiger partial charge in [0.1, 0.15) is 5.92 Å². The van der Waals surface area contributed by atoms with Crippen molar-refractivity contribution >= 4 is 5.97 Å². The van der Waals surface area contributed by atoms with Gasteiger partial charge in [-0.1, -0.05) is 12.1 Å². The van der Waals surface area contributed by atoms with E-state index in [1.807, 2.05) is 12.1 Å². The molecule has 0 saturated carbocycles. The van der Waals surface area contributed by atoms with E-state index < -0.39 is 18.2 Å². The molecule has 0 saturated heterocycles. The zero-order chi connectivity index (χ0) is 10.1. The maximum absolute atomic E-state index is 10.7. The van der Waals surface area contributed by atoms with Gasteiger partial charge in [-0.05, 0) is 19.1 Å². The third-order valence-electron chi connectivity index (χ3n) is 2.13. The smallest absolute Gasteiger partial charge is 0.313 e. The van der Waals surface area contributed by atoms with Gasteiger partial charge in [0.25, 0.3) is 6.29 Å². The van der Waals surface area contributed by atoms with Crippen LogP contribution in [0.1, 0.15) is 6.92 Å². The second kappa shape index (κ2) is 3.21. The van der Waals surface area contributed by atoms with Gasteiger partial charge in [0.2, 0.25) is 0 Å². The van der Waals surface area contributed by atoms with Crippen LogP contribution in [0.2, 0.25) is 0 Å². The molecule has 1 N–H and O–H groups in total. The third-order valence-corrected chi connectivity index (χ3v) is 2.13. The highest BCUT2D eigenvalue weighted by Crippen LogP contribution is 2.35. The number of rotatable bonds is 2. The van der Waals surface area contributed by atoms with Crippen LogP contribution in [-0.4, -0.2) is 17.4 Å². The fourth-order valence-electron chi connectivity index (χ4n) is 1.24. The number of ether oxygens (including phenoxy) is 2. The van der Waals surface area contributed by atoms with Crippen molar-refractivity contribution in [2.24, 2.45) is 5.92 Å². The fourth-order valence-corrected chi connectivity index (χ4v) is 1.24. The summed E-state index contributed by atoms with van der Waals surface area (Å²) >= 11 is 0. The Morgan fingerprint density at radius 2 is 1.86 bits per heavy atom. The minimum atomic E-state index is -0.928. The zero-order valence-corrected chi connectivity index (χ0v) is 7.64. The van der Waals surface area contributed by atoms with Crippen LogP contribution in [0, 0.1) is 5.92 Å². The molecule has 74 valence electrons. The summed E-state index contributed by atoms with van der Waals surface area (Å²) in [5, 5.41) is 8.76. The summed E-state index contributed by atoms with van der Waals surface area (Å²) in [7, 11) is 0. The van der Waals surface area contributed by atoms with Gasteiger partial charge in [-0.15, -0.1) is 0 Å². The molecule has 0 aromatic heterocycles. The third kappa shape index (κ3) is 1.39. The SMILES string of the molecule is CC(C(=O)O)C1Oc2ccccc2O1. The molecule has 14 heavy (non-hydrogen) atoms. The first-order valence-electron chi connectivity index (χ1n) is 4.33. The van der Waals surface area contributed by atoms with Crippen molar-refractivity contribution in [1.82, 2.24) is 0 Å². The van der Waals surface area contributed by atoms with Crippen molar-refractivity contribution < 1.29 is 19.4 Å². The van der Waals surface area contributed by atoms with Crippen LogP contribution >= 0.6 is 0 Å². The van der Waals surface area contributed by atoms with Crippen LogP contribution < -0.4 is 9.47 Å². The lowest BCUT2D eigenvalue weighted by Gasteiger charge is -2.13. The van der Waals surface area contributed by atoms with E-state index in [0.29, 0.717) is 11.5 Å². The normalized spacial score (nSPS) is 16.6. The van der Waals surface area contributed by atoms with E-state index in [2.05, 4.69) is 0 Å². The summed E-state index contributed by atoms with van der Waals surface area (Å²) in [6.45, 7) is 1.55. The number of carboxylic acids is 1. The lowest BCUT2D eigenvalue weighted by atomic mass is 10.2. The fraction of sp³-hybridized carbons (Fsp3) is 0.300. The molecule has 0 radical (unpaired) electrons. The van der Waals surface area contributed by atoms with Gasteiger partial charge in [0, 0.05) is 0 Å². The van der Waals surface area contributed by atoms with Gasteiger partial charge in [-0.2, -0.15) is 0 Å². The van der Waals surface area contributed by atoms with Gasteiger partial charge in [-0.25, -0.2) is 0 Å². The number of hydrogen-bond acceptors (Lipinski definition) is 3. The van der Waals surface area contributed by atoms with Gasteiger partial charge < -0.3 is 14.6 Å². The summed E-state index contributed by atoms with van der Waals surface area (Å²) < 4.78 is 10.7. The molecule has 1 unspecified atom stereocenters. The Bertz CT molecular complexity index is 336. The Morgan fingerprint density at radius 1 is 1.36 bits per heavy atom. The minimum absolute atomic E-state index is 0.602. The average molecular weight is 194 g/mol. The molecule has 1 atom stereocenters. The van der Waals surface area contributed by atoms with E-state index in [0.717, 1.165) is 0 Å². The summed E-state index contributed by atoms with van der Waals surface area (Å²) in [5.41, 5.74) is 0. The Kier molecular flexibility index (Phi) is 2.04. The Hall–Kier alpha value is -1.71. The molecule has 1 aromatic carbocycles. The maximum Gasteiger partial charge on any atom is 0.313 e. The number of aliphatic carboxylic acids is 1. The van der Waals surface area contributed by atoms with E-state index in [1.54, 1.807) is 19.1 Å². The first-order chi connectivity index (χ1) is 6.68. The average Bonchev–Trinajstić information content (AvgIpc) is 2.59. The van der Waals surface area contributed by atoms with Crippen LogP contribution in [0.25, 0.3) is 0 Å².